The van der Waals surface area contributed by atoms with Gasteiger partial charge in [-0.2, -0.15) is 5.10 Å². The summed E-state index contributed by atoms with van der Waals surface area (Å²) in [6, 6.07) is 0. The minimum absolute atomic E-state index is 0.0294. The molecule has 7 nitrogen and oxygen atoms in total. The van der Waals surface area contributed by atoms with Crippen LogP contribution in [0, 0.1) is 18.3 Å². The molecule has 0 spiro atoms. The lowest BCUT2D eigenvalue weighted by atomic mass is 9.71. The first-order valence-corrected chi connectivity index (χ1v) is 10.7. The van der Waals surface area contributed by atoms with Gasteiger partial charge in [0.1, 0.15) is 5.76 Å². The summed E-state index contributed by atoms with van der Waals surface area (Å²) in [5.41, 5.74) is 4.16. The monoisotopic (exact) mass is 399 g/mol. The lowest BCUT2D eigenvalue weighted by Crippen LogP contribution is -2.48. The van der Waals surface area contributed by atoms with E-state index >= 15 is 0 Å². The first kappa shape index (κ1) is 20.1. The van der Waals surface area contributed by atoms with Crippen LogP contribution in [0.2, 0.25) is 0 Å². The van der Waals surface area contributed by atoms with E-state index in [1.165, 1.54) is 5.56 Å². The van der Waals surface area contributed by atoms with Crippen LogP contribution in [0.5, 0.6) is 0 Å². The van der Waals surface area contributed by atoms with E-state index in [0.717, 1.165) is 69.0 Å². The Hall–Kier alpha value is -2.15. The molecule has 7 heteroatoms. The predicted molar refractivity (Wildman–Crippen MR) is 111 cm³/mol. The number of nitrogens with zero attached hydrogens (tertiary/aromatic N) is 5. The van der Waals surface area contributed by atoms with Crippen LogP contribution in [0.25, 0.3) is 0 Å². The predicted octanol–water partition coefficient (Wildman–Crippen LogP) is 2.83. The number of amides is 1. The zero-order valence-electron chi connectivity index (χ0n) is 18.4. The standard InChI is InChI=1S/C22H33N5O2/c1-15-16(13-25(5)23-15)14-26-8-10-27(11-9-26)21(28)20-18-12-17(22(2,3)4)6-7-19(18)29-24-20/h13,17H,6-12,14H2,1-5H3. The highest BCUT2D eigenvalue weighted by atomic mass is 16.5. The fraction of sp³-hybridized carbons (Fsp3) is 0.682. The molecule has 0 N–H and O–H groups in total. The van der Waals surface area contributed by atoms with Crippen molar-refractivity contribution in [2.24, 2.45) is 18.4 Å². The van der Waals surface area contributed by atoms with E-state index in [2.05, 4.69) is 42.1 Å². The maximum atomic E-state index is 13.2. The summed E-state index contributed by atoms with van der Waals surface area (Å²) < 4.78 is 7.42. The molecule has 0 bridgehead atoms. The topological polar surface area (TPSA) is 67.4 Å². The van der Waals surface area contributed by atoms with Crippen LogP contribution in [0.1, 0.15) is 60.3 Å². The van der Waals surface area contributed by atoms with Crippen molar-refractivity contribution in [1.29, 1.82) is 0 Å². The minimum atomic E-state index is 0.0294. The van der Waals surface area contributed by atoms with E-state index in [9.17, 15) is 4.79 Å². The number of aromatic nitrogens is 3. The molecule has 0 saturated carbocycles. The van der Waals surface area contributed by atoms with Gasteiger partial charge in [-0.3, -0.25) is 14.4 Å². The van der Waals surface area contributed by atoms with Crippen LogP contribution in [-0.2, 0) is 26.4 Å². The van der Waals surface area contributed by atoms with Crippen LogP contribution in [0.15, 0.2) is 10.7 Å². The molecule has 1 fully saturated rings. The van der Waals surface area contributed by atoms with Gasteiger partial charge in [-0.15, -0.1) is 0 Å². The van der Waals surface area contributed by atoms with Crippen molar-refractivity contribution in [2.75, 3.05) is 26.2 Å². The third-order valence-corrected chi connectivity index (χ3v) is 6.64. The Morgan fingerprint density at radius 2 is 1.97 bits per heavy atom. The van der Waals surface area contributed by atoms with Crippen molar-refractivity contribution in [3.05, 3.63) is 34.5 Å². The van der Waals surface area contributed by atoms with E-state index in [1.54, 1.807) is 0 Å². The van der Waals surface area contributed by atoms with Crippen LogP contribution in [-0.4, -0.2) is 56.8 Å². The van der Waals surface area contributed by atoms with E-state index in [-0.39, 0.29) is 11.3 Å². The Kier molecular flexibility index (Phi) is 5.27. The number of aryl methyl sites for hydroxylation is 3. The van der Waals surface area contributed by atoms with Gasteiger partial charge in [-0.1, -0.05) is 25.9 Å². The fourth-order valence-electron chi connectivity index (χ4n) is 4.61. The van der Waals surface area contributed by atoms with Gasteiger partial charge >= 0.3 is 0 Å². The summed E-state index contributed by atoms with van der Waals surface area (Å²) >= 11 is 0. The van der Waals surface area contributed by atoms with Gasteiger partial charge in [-0.05, 0) is 31.1 Å². The molecule has 2 aliphatic rings. The highest BCUT2D eigenvalue weighted by Gasteiger charge is 2.35. The molecule has 0 aromatic carbocycles. The number of hydrogen-bond acceptors (Lipinski definition) is 5. The SMILES string of the molecule is Cc1nn(C)cc1CN1CCN(C(=O)c2noc3c2CC(C(C)(C)C)CC3)CC1. The average molecular weight is 400 g/mol. The number of hydrogen-bond donors (Lipinski definition) is 0. The number of carbonyl (C=O) groups is 1. The van der Waals surface area contributed by atoms with Gasteiger partial charge in [0.2, 0.25) is 0 Å². The Balaban J connectivity index is 1.40. The summed E-state index contributed by atoms with van der Waals surface area (Å²) in [6.45, 7) is 12.9. The van der Waals surface area contributed by atoms with E-state index in [1.807, 2.05) is 23.6 Å². The van der Waals surface area contributed by atoms with E-state index in [0.29, 0.717) is 11.6 Å². The van der Waals surface area contributed by atoms with Crippen LogP contribution in [0.3, 0.4) is 0 Å². The Bertz CT molecular complexity index is 884. The Morgan fingerprint density at radius 1 is 1.24 bits per heavy atom. The molecule has 29 heavy (non-hydrogen) atoms. The van der Waals surface area contributed by atoms with E-state index < -0.39 is 0 Å². The van der Waals surface area contributed by atoms with E-state index in [4.69, 9.17) is 4.52 Å². The van der Waals surface area contributed by atoms with Crippen molar-refractivity contribution in [3.63, 3.8) is 0 Å². The zero-order chi connectivity index (χ0) is 20.8. The maximum Gasteiger partial charge on any atom is 0.276 e. The van der Waals surface area contributed by atoms with Gasteiger partial charge in [0.05, 0.1) is 5.69 Å². The molecule has 1 unspecified atom stereocenters. The van der Waals surface area contributed by atoms with Gasteiger partial charge in [0.15, 0.2) is 5.69 Å². The fourth-order valence-corrected chi connectivity index (χ4v) is 4.61. The number of rotatable bonds is 3. The third kappa shape index (κ3) is 4.10. The van der Waals surface area contributed by atoms with Crippen molar-refractivity contribution in [1.82, 2.24) is 24.7 Å². The van der Waals surface area contributed by atoms with Gasteiger partial charge in [-0.25, -0.2) is 0 Å². The van der Waals surface area contributed by atoms with Crippen LogP contribution in [0.4, 0.5) is 0 Å². The molecule has 4 rings (SSSR count). The molecule has 1 saturated heterocycles. The summed E-state index contributed by atoms with van der Waals surface area (Å²) in [7, 11) is 1.95. The normalized spacial score (nSPS) is 20.7. The highest BCUT2D eigenvalue weighted by Crippen LogP contribution is 2.38. The second-order valence-electron chi connectivity index (χ2n) is 9.72. The third-order valence-electron chi connectivity index (χ3n) is 6.64. The van der Waals surface area contributed by atoms with Gasteiger partial charge < -0.3 is 9.42 Å². The molecule has 2 aromatic rings. The molecule has 3 heterocycles. The molecular formula is C22H33N5O2. The number of fused-ring (bicyclic) bond motifs is 1. The highest BCUT2D eigenvalue weighted by molar-refractivity contribution is 5.94. The first-order chi connectivity index (χ1) is 13.7. The molecule has 1 aliphatic carbocycles. The molecule has 0 radical (unpaired) electrons. The van der Waals surface area contributed by atoms with Crippen LogP contribution >= 0.6 is 0 Å². The molecule has 2 aromatic heterocycles. The zero-order valence-corrected chi connectivity index (χ0v) is 18.4. The van der Waals surface area contributed by atoms with Crippen molar-refractivity contribution >= 4 is 5.91 Å². The molecule has 1 aliphatic heterocycles. The quantitative estimate of drug-likeness (QED) is 0.794. The summed E-state index contributed by atoms with van der Waals surface area (Å²) in [4.78, 5) is 17.5. The second-order valence-corrected chi connectivity index (χ2v) is 9.72. The lowest BCUT2D eigenvalue weighted by molar-refractivity contribution is 0.0616. The molecule has 1 atom stereocenters. The van der Waals surface area contributed by atoms with Gasteiger partial charge in [0.25, 0.3) is 5.91 Å². The largest absolute Gasteiger partial charge is 0.360 e. The number of carbonyl (C=O) groups excluding carboxylic acids is 1. The van der Waals surface area contributed by atoms with Crippen molar-refractivity contribution in [2.45, 2.75) is 53.5 Å². The second kappa shape index (κ2) is 7.59. The molecule has 1 amide bonds. The van der Waals surface area contributed by atoms with Gasteiger partial charge in [0, 0.05) is 63.5 Å². The smallest absolute Gasteiger partial charge is 0.276 e. The average Bonchev–Trinajstić information content (AvgIpc) is 3.23. The Labute approximate surface area is 173 Å². The van der Waals surface area contributed by atoms with Crippen molar-refractivity contribution in [3.8, 4) is 0 Å². The Morgan fingerprint density at radius 3 is 2.59 bits per heavy atom. The molecular weight excluding hydrogens is 366 g/mol. The molecule has 158 valence electrons. The van der Waals surface area contributed by atoms with Crippen LogP contribution < -0.4 is 0 Å². The summed E-state index contributed by atoms with van der Waals surface area (Å²) in [5.74, 6) is 1.50. The lowest BCUT2D eigenvalue weighted by Gasteiger charge is -2.35. The summed E-state index contributed by atoms with van der Waals surface area (Å²) in [6.07, 6.45) is 4.96. The minimum Gasteiger partial charge on any atom is -0.360 e. The number of piperazine rings is 1. The first-order valence-electron chi connectivity index (χ1n) is 10.7. The maximum absolute atomic E-state index is 13.2. The summed E-state index contributed by atoms with van der Waals surface area (Å²) in [5, 5.41) is 8.62. The van der Waals surface area contributed by atoms with Crippen molar-refractivity contribution < 1.29 is 9.32 Å².